The molecule has 1 aromatic rings. The summed E-state index contributed by atoms with van der Waals surface area (Å²) in [5, 5.41) is 6.40. The Morgan fingerprint density at radius 2 is 2.05 bits per heavy atom. The average Bonchev–Trinajstić information content (AvgIpc) is 2.37. The number of nitrogens with one attached hydrogen (secondary N) is 2. The van der Waals surface area contributed by atoms with Gasteiger partial charge in [0.05, 0.1) is 4.47 Å². The van der Waals surface area contributed by atoms with Crippen LogP contribution in [0.1, 0.15) is 25.8 Å². The first-order valence-corrected chi connectivity index (χ1v) is 7.20. The van der Waals surface area contributed by atoms with E-state index in [9.17, 15) is 4.39 Å². The summed E-state index contributed by atoms with van der Waals surface area (Å²) >= 11 is 3.14. The van der Waals surface area contributed by atoms with E-state index in [1.54, 1.807) is 13.1 Å². The number of hydrogen-bond acceptors (Lipinski definition) is 1. The van der Waals surface area contributed by atoms with Crippen LogP contribution in [-0.4, -0.2) is 19.6 Å². The van der Waals surface area contributed by atoms with Gasteiger partial charge in [0.1, 0.15) is 5.82 Å². The topological polar surface area (TPSA) is 36.4 Å². The number of aliphatic imine (C=N–C) groups is 1. The lowest BCUT2D eigenvalue weighted by Crippen LogP contribution is -2.37. The Morgan fingerprint density at radius 1 is 1.35 bits per heavy atom. The molecule has 0 aromatic heterocycles. The van der Waals surface area contributed by atoms with Gasteiger partial charge in [0, 0.05) is 20.1 Å². The highest BCUT2D eigenvalue weighted by atomic mass is 127. The van der Waals surface area contributed by atoms with Crippen LogP contribution in [0.15, 0.2) is 27.7 Å². The molecule has 0 unspecified atom stereocenters. The Labute approximate surface area is 146 Å². The monoisotopic (exact) mass is 457 g/mol. The second kappa shape index (κ2) is 10.4. The summed E-state index contributed by atoms with van der Waals surface area (Å²) in [6.07, 6.45) is 1.09. The third kappa shape index (κ3) is 7.42. The van der Waals surface area contributed by atoms with Gasteiger partial charge in [0.25, 0.3) is 0 Å². The molecule has 6 heteroatoms. The van der Waals surface area contributed by atoms with Crippen molar-refractivity contribution < 1.29 is 4.39 Å². The summed E-state index contributed by atoms with van der Waals surface area (Å²) in [5.74, 6) is 1.15. The number of benzene rings is 1. The molecular weight excluding hydrogens is 436 g/mol. The molecule has 114 valence electrons. The second-order valence-electron chi connectivity index (χ2n) is 4.78. The molecule has 1 rings (SSSR count). The maximum Gasteiger partial charge on any atom is 0.191 e. The number of nitrogens with zero attached hydrogens (tertiary/aromatic N) is 1. The quantitative estimate of drug-likeness (QED) is 0.399. The normalized spacial score (nSPS) is 11.2. The van der Waals surface area contributed by atoms with Crippen molar-refractivity contribution in [3.05, 3.63) is 34.1 Å². The Morgan fingerprint density at radius 3 is 2.60 bits per heavy atom. The minimum absolute atomic E-state index is 0. The zero-order chi connectivity index (χ0) is 14.3. The molecule has 0 aliphatic heterocycles. The molecular formula is C14H22BrFIN3. The molecule has 0 atom stereocenters. The predicted octanol–water partition coefficient (Wildman–Crippen LogP) is 3.92. The van der Waals surface area contributed by atoms with Crippen molar-refractivity contribution in [3.63, 3.8) is 0 Å². The van der Waals surface area contributed by atoms with Gasteiger partial charge in [-0.1, -0.05) is 19.9 Å². The third-order valence-electron chi connectivity index (χ3n) is 2.68. The molecule has 0 bridgehead atoms. The minimum atomic E-state index is -0.248. The Hall–Kier alpha value is -0.370. The van der Waals surface area contributed by atoms with E-state index in [0.29, 0.717) is 16.9 Å². The highest BCUT2D eigenvalue weighted by Gasteiger charge is 2.02. The number of guanidine groups is 1. The third-order valence-corrected chi connectivity index (χ3v) is 3.32. The van der Waals surface area contributed by atoms with Gasteiger partial charge in [-0.05, 0) is 46.0 Å². The summed E-state index contributed by atoms with van der Waals surface area (Å²) in [6, 6.07) is 5.10. The van der Waals surface area contributed by atoms with Crippen molar-refractivity contribution >= 4 is 45.9 Å². The first-order chi connectivity index (χ1) is 9.02. The smallest absolute Gasteiger partial charge is 0.191 e. The molecule has 0 amide bonds. The van der Waals surface area contributed by atoms with Crippen molar-refractivity contribution in [1.29, 1.82) is 0 Å². The van der Waals surface area contributed by atoms with E-state index in [1.165, 1.54) is 6.07 Å². The Bertz CT molecular complexity index is 438. The van der Waals surface area contributed by atoms with Crippen LogP contribution in [0.3, 0.4) is 0 Å². The van der Waals surface area contributed by atoms with Gasteiger partial charge < -0.3 is 10.6 Å². The molecule has 0 spiro atoms. The van der Waals surface area contributed by atoms with E-state index in [2.05, 4.69) is 45.4 Å². The fourth-order valence-corrected chi connectivity index (χ4v) is 1.78. The van der Waals surface area contributed by atoms with Crippen molar-refractivity contribution in [2.24, 2.45) is 10.9 Å². The standard InChI is InChI=1S/C14H21BrFN3.HI/c1-10(2)6-7-18-14(17-3)19-9-11-4-5-12(15)13(16)8-11;/h4-5,8,10H,6-7,9H2,1-3H3,(H2,17,18,19);1H. The second-order valence-corrected chi connectivity index (χ2v) is 5.64. The van der Waals surface area contributed by atoms with Gasteiger partial charge in [0.2, 0.25) is 0 Å². The molecule has 20 heavy (non-hydrogen) atoms. The van der Waals surface area contributed by atoms with E-state index < -0.39 is 0 Å². The van der Waals surface area contributed by atoms with Crippen molar-refractivity contribution in [3.8, 4) is 0 Å². The minimum Gasteiger partial charge on any atom is -0.356 e. The van der Waals surface area contributed by atoms with Gasteiger partial charge in [0.15, 0.2) is 5.96 Å². The summed E-state index contributed by atoms with van der Waals surface area (Å²) in [5.41, 5.74) is 0.882. The number of rotatable bonds is 5. The van der Waals surface area contributed by atoms with Gasteiger partial charge in [-0.3, -0.25) is 4.99 Å². The van der Waals surface area contributed by atoms with Crippen LogP contribution < -0.4 is 10.6 Å². The Kier molecular flexibility index (Phi) is 10.2. The lowest BCUT2D eigenvalue weighted by Gasteiger charge is -2.13. The fraction of sp³-hybridized carbons (Fsp3) is 0.500. The van der Waals surface area contributed by atoms with Crippen LogP contribution in [0.4, 0.5) is 4.39 Å². The predicted molar refractivity (Wildman–Crippen MR) is 97.2 cm³/mol. The SMILES string of the molecule is CN=C(NCCC(C)C)NCc1ccc(Br)c(F)c1.I. The lowest BCUT2D eigenvalue weighted by molar-refractivity contribution is 0.573. The van der Waals surface area contributed by atoms with Crippen LogP contribution in [0.5, 0.6) is 0 Å². The molecule has 3 nitrogen and oxygen atoms in total. The van der Waals surface area contributed by atoms with Crippen LogP contribution in [-0.2, 0) is 6.54 Å². The first kappa shape index (κ1) is 19.6. The van der Waals surface area contributed by atoms with Crippen molar-refractivity contribution in [2.45, 2.75) is 26.8 Å². The van der Waals surface area contributed by atoms with E-state index in [0.717, 1.165) is 24.5 Å². The highest BCUT2D eigenvalue weighted by Crippen LogP contribution is 2.16. The highest BCUT2D eigenvalue weighted by molar-refractivity contribution is 14.0. The van der Waals surface area contributed by atoms with Gasteiger partial charge in [-0.25, -0.2) is 4.39 Å². The summed E-state index contributed by atoms with van der Waals surface area (Å²) in [6.45, 7) is 5.79. The van der Waals surface area contributed by atoms with Gasteiger partial charge in [-0.2, -0.15) is 0 Å². The van der Waals surface area contributed by atoms with Crippen LogP contribution >= 0.6 is 39.9 Å². The van der Waals surface area contributed by atoms with E-state index in [-0.39, 0.29) is 29.8 Å². The zero-order valence-electron chi connectivity index (χ0n) is 12.0. The molecule has 0 radical (unpaired) electrons. The lowest BCUT2D eigenvalue weighted by atomic mass is 10.1. The average molecular weight is 458 g/mol. The molecule has 0 aliphatic rings. The van der Waals surface area contributed by atoms with Crippen molar-refractivity contribution in [1.82, 2.24) is 10.6 Å². The van der Waals surface area contributed by atoms with Crippen LogP contribution in [0.25, 0.3) is 0 Å². The van der Waals surface area contributed by atoms with E-state index in [4.69, 9.17) is 0 Å². The molecule has 0 saturated carbocycles. The number of hydrogen-bond donors (Lipinski definition) is 2. The van der Waals surface area contributed by atoms with Gasteiger partial charge in [-0.15, -0.1) is 24.0 Å². The Balaban J connectivity index is 0.00000361. The molecule has 1 aromatic carbocycles. The fourth-order valence-electron chi connectivity index (χ4n) is 1.54. The summed E-state index contributed by atoms with van der Waals surface area (Å²) in [4.78, 5) is 4.13. The van der Waals surface area contributed by atoms with Crippen LogP contribution in [0, 0.1) is 11.7 Å². The maximum absolute atomic E-state index is 13.4. The molecule has 2 N–H and O–H groups in total. The van der Waals surface area contributed by atoms with E-state index >= 15 is 0 Å². The van der Waals surface area contributed by atoms with Crippen LogP contribution in [0.2, 0.25) is 0 Å². The molecule has 0 heterocycles. The largest absolute Gasteiger partial charge is 0.356 e. The van der Waals surface area contributed by atoms with E-state index in [1.807, 2.05) is 6.07 Å². The molecule has 0 aliphatic carbocycles. The summed E-state index contributed by atoms with van der Waals surface area (Å²) in [7, 11) is 1.73. The summed E-state index contributed by atoms with van der Waals surface area (Å²) < 4.78 is 13.8. The molecule has 0 saturated heterocycles. The van der Waals surface area contributed by atoms with Crippen molar-refractivity contribution in [2.75, 3.05) is 13.6 Å². The molecule has 0 fully saturated rings. The first-order valence-electron chi connectivity index (χ1n) is 6.41. The van der Waals surface area contributed by atoms with Gasteiger partial charge >= 0.3 is 0 Å². The maximum atomic E-state index is 13.4. The zero-order valence-corrected chi connectivity index (χ0v) is 16.0. The number of halogens is 3.